The first kappa shape index (κ1) is 14.3. The molecule has 22 heavy (non-hydrogen) atoms. The van der Waals surface area contributed by atoms with Crippen LogP contribution >= 0.6 is 0 Å². The number of rotatable bonds is 6. The van der Waals surface area contributed by atoms with E-state index in [0.717, 1.165) is 13.0 Å². The average molecular weight is 298 g/mol. The zero-order valence-electron chi connectivity index (χ0n) is 12.5. The minimum atomic E-state index is -0.0591. The summed E-state index contributed by atoms with van der Waals surface area (Å²) in [6.07, 6.45) is 3.17. The van der Waals surface area contributed by atoms with Crippen molar-refractivity contribution in [2.45, 2.75) is 26.3 Å². The van der Waals surface area contributed by atoms with Crippen LogP contribution in [0.5, 0.6) is 0 Å². The van der Waals surface area contributed by atoms with E-state index in [0.29, 0.717) is 17.9 Å². The molecule has 3 rings (SSSR count). The first-order chi connectivity index (χ1) is 10.7. The molecule has 0 unspecified atom stereocenters. The zero-order chi connectivity index (χ0) is 15.4. The van der Waals surface area contributed by atoms with Gasteiger partial charge in [-0.3, -0.25) is 4.79 Å². The topological polar surface area (TPSA) is 72.9 Å². The van der Waals surface area contributed by atoms with Crippen LogP contribution in [0.3, 0.4) is 0 Å². The largest absolute Gasteiger partial charge is 0.356 e. The van der Waals surface area contributed by atoms with Gasteiger partial charge in [-0.25, -0.2) is 4.63 Å². The molecule has 0 fully saturated rings. The first-order valence-corrected chi connectivity index (χ1v) is 7.32. The first-order valence-electron chi connectivity index (χ1n) is 7.32. The van der Waals surface area contributed by atoms with Crippen molar-refractivity contribution >= 4 is 16.8 Å². The molecule has 2 heterocycles. The summed E-state index contributed by atoms with van der Waals surface area (Å²) in [4.78, 5) is 11.8. The smallest absolute Gasteiger partial charge is 0.226 e. The van der Waals surface area contributed by atoms with E-state index < -0.39 is 0 Å². The Balaban J connectivity index is 1.45. The second kappa shape index (κ2) is 6.43. The summed E-state index contributed by atoms with van der Waals surface area (Å²) in [7, 11) is 0. The summed E-state index contributed by atoms with van der Waals surface area (Å²) in [6.45, 7) is 3.28. The maximum atomic E-state index is 11.8. The molecule has 1 aromatic carbocycles. The molecule has 0 aliphatic rings. The minimum absolute atomic E-state index is 0.0591. The van der Waals surface area contributed by atoms with Crippen molar-refractivity contribution in [3.05, 3.63) is 47.9 Å². The third kappa shape index (κ3) is 3.16. The van der Waals surface area contributed by atoms with Crippen LogP contribution in [0.2, 0.25) is 0 Å². The highest BCUT2D eigenvalue weighted by molar-refractivity contribution is 5.80. The van der Waals surface area contributed by atoms with E-state index in [-0.39, 0.29) is 12.3 Å². The van der Waals surface area contributed by atoms with Crippen LogP contribution in [0.4, 0.5) is 0 Å². The molecule has 0 saturated heterocycles. The van der Waals surface area contributed by atoms with Gasteiger partial charge in [0.05, 0.1) is 6.42 Å². The van der Waals surface area contributed by atoms with E-state index in [4.69, 9.17) is 0 Å². The van der Waals surface area contributed by atoms with Crippen LogP contribution < -0.4 is 5.32 Å². The van der Waals surface area contributed by atoms with Gasteiger partial charge in [-0.1, -0.05) is 28.5 Å². The van der Waals surface area contributed by atoms with Crippen molar-refractivity contribution in [3.8, 4) is 0 Å². The van der Waals surface area contributed by atoms with Gasteiger partial charge in [-0.05, 0) is 30.9 Å². The molecule has 3 aromatic rings. The van der Waals surface area contributed by atoms with Crippen LogP contribution in [-0.2, 0) is 17.8 Å². The number of aromatic nitrogens is 3. The second-order valence-electron chi connectivity index (χ2n) is 5.24. The molecule has 0 atom stereocenters. The maximum absolute atomic E-state index is 11.8. The van der Waals surface area contributed by atoms with Gasteiger partial charge in [-0.15, -0.1) is 0 Å². The van der Waals surface area contributed by atoms with Crippen molar-refractivity contribution in [1.82, 2.24) is 20.2 Å². The Morgan fingerprint density at radius 3 is 2.95 bits per heavy atom. The standard InChI is InChI=1S/C16H18N4O2/c1-12-14(19-22-18-12)11-16(21)17-8-4-9-20-10-7-13-5-2-3-6-15(13)20/h2-3,5-7,10H,4,8-9,11H2,1H3,(H,17,21). The van der Waals surface area contributed by atoms with Crippen molar-refractivity contribution in [3.63, 3.8) is 0 Å². The molecular formula is C16H18N4O2. The van der Waals surface area contributed by atoms with Gasteiger partial charge in [0.1, 0.15) is 11.4 Å². The van der Waals surface area contributed by atoms with Gasteiger partial charge in [-0.2, -0.15) is 0 Å². The van der Waals surface area contributed by atoms with Crippen LogP contribution in [0.1, 0.15) is 17.8 Å². The molecule has 0 radical (unpaired) electrons. The van der Waals surface area contributed by atoms with Crippen molar-refractivity contribution in [2.75, 3.05) is 6.54 Å². The number of nitrogens with zero attached hydrogens (tertiary/aromatic N) is 3. The predicted octanol–water partition coefficient (Wildman–Crippen LogP) is 2.08. The summed E-state index contributed by atoms with van der Waals surface area (Å²) < 4.78 is 6.78. The van der Waals surface area contributed by atoms with Gasteiger partial charge in [0.15, 0.2) is 0 Å². The lowest BCUT2D eigenvalue weighted by Gasteiger charge is -2.07. The molecule has 0 spiro atoms. The fourth-order valence-corrected chi connectivity index (χ4v) is 2.44. The van der Waals surface area contributed by atoms with Gasteiger partial charge in [0.2, 0.25) is 5.91 Å². The van der Waals surface area contributed by atoms with Crippen LogP contribution in [0.15, 0.2) is 41.2 Å². The lowest BCUT2D eigenvalue weighted by Crippen LogP contribution is -2.27. The van der Waals surface area contributed by atoms with Gasteiger partial charge >= 0.3 is 0 Å². The molecular weight excluding hydrogens is 280 g/mol. The second-order valence-corrected chi connectivity index (χ2v) is 5.24. The third-order valence-electron chi connectivity index (χ3n) is 3.65. The quantitative estimate of drug-likeness (QED) is 0.707. The summed E-state index contributed by atoms with van der Waals surface area (Å²) in [5, 5.41) is 11.5. The normalized spacial score (nSPS) is 11.0. The van der Waals surface area contributed by atoms with E-state index in [1.54, 1.807) is 6.92 Å². The molecule has 114 valence electrons. The molecule has 1 amide bonds. The van der Waals surface area contributed by atoms with Crippen LogP contribution in [-0.4, -0.2) is 27.3 Å². The number of nitrogens with one attached hydrogen (secondary N) is 1. The number of fused-ring (bicyclic) bond motifs is 1. The fraction of sp³-hybridized carbons (Fsp3) is 0.312. The summed E-state index contributed by atoms with van der Waals surface area (Å²) >= 11 is 0. The molecule has 6 heteroatoms. The summed E-state index contributed by atoms with van der Waals surface area (Å²) in [5.74, 6) is -0.0591. The van der Waals surface area contributed by atoms with E-state index in [9.17, 15) is 4.79 Å². The summed E-state index contributed by atoms with van der Waals surface area (Å²) in [6, 6.07) is 10.4. The van der Waals surface area contributed by atoms with Crippen molar-refractivity contribution < 1.29 is 9.42 Å². The van der Waals surface area contributed by atoms with E-state index in [1.807, 2.05) is 12.1 Å². The molecule has 2 aromatic heterocycles. The molecule has 6 nitrogen and oxygen atoms in total. The molecule has 0 aliphatic carbocycles. The Labute approximate surface area is 128 Å². The Hall–Kier alpha value is -2.63. The molecule has 0 aliphatic heterocycles. The van der Waals surface area contributed by atoms with Crippen LogP contribution in [0, 0.1) is 6.92 Å². The van der Waals surface area contributed by atoms with Crippen LogP contribution in [0.25, 0.3) is 10.9 Å². The Morgan fingerprint density at radius 2 is 2.14 bits per heavy atom. The number of carbonyl (C=O) groups is 1. The van der Waals surface area contributed by atoms with Gasteiger partial charge in [0.25, 0.3) is 0 Å². The third-order valence-corrected chi connectivity index (χ3v) is 3.65. The molecule has 0 bridgehead atoms. The molecule has 0 saturated carbocycles. The summed E-state index contributed by atoms with van der Waals surface area (Å²) in [5.41, 5.74) is 2.47. The highest BCUT2D eigenvalue weighted by Gasteiger charge is 2.10. The fourth-order valence-electron chi connectivity index (χ4n) is 2.44. The maximum Gasteiger partial charge on any atom is 0.226 e. The Kier molecular flexibility index (Phi) is 4.18. The van der Waals surface area contributed by atoms with E-state index in [1.165, 1.54) is 10.9 Å². The van der Waals surface area contributed by atoms with E-state index >= 15 is 0 Å². The lowest BCUT2D eigenvalue weighted by atomic mass is 10.2. The van der Waals surface area contributed by atoms with Gasteiger partial charge < -0.3 is 9.88 Å². The number of para-hydroxylation sites is 1. The van der Waals surface area contributed by atoms with Crippen molar-refractivity contribution in [2.24, 2.45) is 0 Å². The van der Waals surface area contributed by atoms with Crippen molar-refractivity contribution in [1.29, 1.82) is 0 Å². The number of amides is 1. The minimum Gasteiger partial charge on any atom is -0.356 e. The highest BCUT2D eigenvalue weighted by Crippen LogP contribution is 2.15. The Morgan fingerprint density at radius 1 is 1.27 bits per heavy atom. The lowest BCUT2D eigenvalue weighted by molar-refractivity contribution is -0.120. The predicted molar refractivity (Wildman–Crippen MR) is 82.3 cm³/mol. The van der Waals surface area contributed by atoms with Gasteiger partial charge in [0, 0.05) is 24.8 Å². The SMILES string of the molecule is Cc1nonc1CC(=O)NCCCn1ccc2ccccc21. The zero-order valence-corrected chi connectivity index (χ0v) is 12.5. The number of aryl methyl sites for hydroxylation is 2. The van der Waals surface area contributed by atoms with E-state index in [2.05, 4.69) is 49.2 Å². The number of carbonyl (C=O) groups excluding carboxylic acids is 1. The average Bonchev–Trinajstić information content (AvgIpc) is 3.11. The number of hydrogen-bond acceptors (Lipinski definition) is 4. The molecule has 1 N–H and O–H groups in total. The number of benzene rings is 1. The highest BCUT2D eigenvalue weighted by atomic mass is 16.6. The number of hydrogen-bond donors (Lipinski definition) is 1. The Bertz CT molecular complexity index is 775. The monoisotopic (exact) mass is 298 g/mol.